The minimum Gasteiger partial charge on any atom is -0.455 e. The highest BCUT2D eigenvalue weighted by atomic mass is 32.2. The van der Waals surface area contributed by atoms with Crippen LogP contribution in [0.15, 0.2) is 59.6 Å². The van der Waals surface area contributed by atoms with Crippen molar-refractivity contribution in [2.24, 2.45) is 0 Å². The number of hydrogen-bond acceptors (Lipinski definition) is 5. The van der Waals surface area contributed by atoms with Gasteiger partial charge >= 0.3 is 5.97 Å². The zero-order valence-electron chi connectivity index (χ0n) is 16.8. The molecule has 1 heterocycles. The molecule has 1 amide bonds. The van der Waals surface area contributed by atoms with Crippen molar-refractivity contribution in [2.75, 3.05) is 17.7 Å². The lowest BCUT2D eigenvalue weighted by molar-refractivity contribution is -0.144. The van der Waals surface area contributed by atoms with E-state index in [0.29, 0.717) is 11.6 Å². The summed E-state index contributed by atoms with van der Waals surface area (Å²) in [7, 11) is 0. The van der Waals surface area contributed by atoms with Crippen LogP contribution < -0.4 is 5.32 Å². The number of carbonyl (C=O) groups is 2. The summed E-state index contributed by atoms with van der Waals surface area (Å²) in [6.07, 6.45) is 0. The number of ether oxygens (including phenoxy) is 1. The molecule has 0 spiro atoms. The van der Waals surface area contributed by atoms with Crippen LogP contribution in [0.5, 0.6) is 0 Å². The number of anilines is 1. The van der Waals surface area contributed by atoms with Crippen molar-refractivity contribution < 1.29 is 14.3 Å². The number of esters is 1. The summed E-state index contributed by atoms with van der Waals surface area (Å²) in [4.78, 5) is 28.5. The number of amides is 1. The average Bonchev–Trinajstić information content (AvgIpc) is 2.71. The predicted octanol–water partition coefficient (Wildman–Crippen LogP) is 4.94. The number of pyridine rings is 1. The Kier molecular flexibility index (Phi) is 6.88. The van der Waals surface area contributed by atoms with Crippen molar-refractivity contribution in [3.8, 4) is 0 Å². The zero-order chi connectivity index (χ0) is 20.8. The van der Waals surface area contributed by atoms with Gasteiger partial charge in [0, 0.05) is 11.1 Å². The number of aromatic nitrogens is 1. The summed E-state index contributed by atoms with van der Waals surface area (Å²) >= 11 is 1.30. The van der Waals surface area contributed by atoms with E-state index in [1.54, 1.807) is 0 Å². The molecule has 1 aromatic heterocycles. The smallest absolute Gasteiger partial charge is 0.316 e. The van der Waals surface area contributed by atoms with Gasteiger partial charge in [-0.3, -0.25) is 9.59 Å². The van der Waals surface area contributed by atoms with Crippen LogP contribution >= 0.6 is 11.8 Å². The van der Waals surface area contributed by atoms with E-state index in [1.165, 1.54) is 17.3 Å². The number of carbonyl (C=O) groups excluding carboxylic acids is 2. The molecule has 0 saturated carbocycles. The molecule has 0 fully saturated rings. The molecule has 0 unspecified atom stereocenters. The number of hydrogen-bond donors (Lipinski definition) is 1. The third-order valence-corrected chi connectivity index (χ3v) is 5.35. The Morgan fingerprint density at radius 3 is 2.55 bits per heavy atom. The standard InChI is InChI=1S/C23H24N2O3S/c1-15(2)17-8-10-18(11-9-17)24-21(26)13-28-23(27)14-29-22-12-16(3)19-6-4-5-7-20(19)25-22/h4-12,15H,13-14H2,1-3H3,(H,24,26). The molecule has 150 valence electrons. The highest BCUT2D eigenvalue weighted by Crippen LogP contribution is 2.23. The molecule has 0 radical (unpaired) electrons. The van der Waals surface area contributed by atoms with Gasteiger partial charge in [-0.25, -0.2) is 4.98 Å². The third-order valence-electron chi connectivity index (χ3n) is 4.46. The molecule has 0 aliphatic carbocycles. The summed E-state index contributed by atoms with van der Waals surface area (Å²) in [6.45, 7) is 5.93. The van der Waals surface area contributed by atoms with Crippen molar-refractivity contribution in [3.05, 3.63) is 65.7 Å². The SMILES string of the molecule is Cc1cc(SCC(=O)OCC(=O)Nc2ccc(C(C)C)cc2)nc2ccccc12. The van der Waals surface area contributed by atoms with E-state index < -0.39 is 5.97 Å². The van der Waals surface area contributed by atoms with E-state index >= 15 is 0 Å². The summed E-state index contributed by atoms with van der Waals surface area (Å²) in [5.74, 6) is -0.284. The fraction of sp³-hybridized carbons (Fsp3) is 0.261. The van der Waals surface area contributed by atoms with Gasteiger partial charge in [0.15, 0.2) is 6.61 Å². The van der Waals surface area contributed by atoms with Gasteiger partial charge in [0.2, 0.25) is 0 Å². The predicted molar refractivity (Wildman–Crippen MR) is 117 cm³/mol. The Labute approximate surface area is 174 Å². The molecule has 29 heavy (non-hydrogen) atoms. The Morgan fingerprint density at radius 1 is 1.10 bits per heavy atom. The van der Waals surface area contributed by atoms with Crippen molar-refractivity contribution in [2.45, 2.75) is 31.7 Å². The van der Waals surface area contributed by atoms with Gasteiger partial charge in [-0.05, 0) is 48.2 Å². The molecule has 1 N–H and O–H groups in total. The van der Waals surface area contributed by atoms with E-state index in [4.69, 9.17) is 4.74 Å². The van der Waals surface area contributed by atoms with Crippen molar-refractivity contribution >= 4 is 40.2 Å². The van der Waals surface area contributed by atoms with E-state index in [1.807, 2.05) is 61.5 Å². The minimum atomic E-state index is -0.451. The van der Waals surface area contributed by atoms with Gasteiger partial charge in [0.1, 0.15) is 0 Å². The maximum atomic E-state index is 12.0. The molecule has 0 atom stereocenters. The van der Waals surface area contributed by atoms with Crippen molar-refractivity contribution in [3.63, 3.8) is 0 Å². The van der Waals surface area contributed by atoms with Crippen molar-refractivity contribution in [1.82, 2.24) is 4.98 Å². The molecule has 3 rings (SSSR count). The Morgan fingerprint density at radius 2 is 1.83 bits per heavy atom. The van der Waals surface area contributed by atoms with Crippen molar-refractivity contribution in [1.29, 1.82) is 0 Å². The number of benzene rings is 2. The second-order valence-corrected chi connectivity index (χ2v) is 8.06. The van der Waals surface area contributed by atoms with Crippen LogP contribution in [0.2, 0.25) is 0 Å². The largest absolute Gasteiger partial charge is 0.455 e. The van der Waals surface area contributed by atoms with Gasteiger partial charge in [-0.2, -0.15) is 0 Å². The summed E-state index contributed by atoms with van der Waals surface area (Å²) in [5, 5.41) is 4.58. The first-order chi connectivity index (χ1) is 13.9. The number of nitrogens with one attached hydrogen (secondary N) is 1. The first-order valence-electron chi connectivity index (χ1n) is 9.47. The maximum absolute atomic E-state index is 12.0. The fourth-order valence-electron chi connectivity index (χ4n) is 2.86. The first-order valence-corrected chi connectivity index (χ1v) is 10.5. The van der Waals surface area contributed by atoms with Crippen LogP contribution in [0.3, 0.4) is 0 Å². The Balaban J connectivity index is 1.46. The monoisotopic (exact) mass is 408 g/mol. The van der Waals surface area contributed by atoms with E-state index in [-0.39, 0.29) is 18.3 Å². The van der Waals surface area contributed by atoms with E-state index in [9.17, 15) is 9.59 Å². The zero-order valence-corrected chi connectivity index (χ0v) is 17.6. The highest BCUT2D eigenvalue weighted by Gasteiger charge is 2.10. The molecular formula is C23H24N2O3S. The Bertz CT molecular complexity index is 1020. The lowest BCUT2D eigenvalue weighted by atomic mass is 10.0. The molecule has 0 aliphatic heterocycles. The number of para-hydroxylation sites is 1. The molecule has 0 saturated heterocycles. The lowest BCUT2D eigenvalue weighted by Gasteiger charge is -2.09. The second kappa shape index (κ2) is 9.56. The molecule has 0 bridgehead atoms. The summed E-state index contributed by atoms with van der Waals surface area (Å²) in [6, 6.07) is 17.5. The molecule has 6 heteroatoms. The molecule has 5 nitrogen and oxygen atoms in total. The fourth-order valence-corrected chi connectivity index (χ4v) is 3.63. The quantitative estimate of drug-likeness (QED) is 0.443. The van der Waals surface area contributed by atoms with Gasteiger partial charge in [-0.15, -0.1) is 0 Å². The molecule has 3 aromatic rings. The van der Waals surface area contributed by atoms with Gasteiger partial charge < -0.3 is 10.1 Å². The number of fused-ring (bicyclic) bond motifs is 1. The van der Waals surface area contributed by atoms with Gasteiger partial charge in [0.25, 0.3) is 5.91 Å². The summed E-state index contributed by atoms with van der Waals surface area (Å²) < 4.78 is 5.08. The van der Waals surface area contributed by atoms with Crippen LogP contribution in [0.4, 0.5) is 5.69 Å². The first kappa shape index (κ1) is 20.9. The van der Waals surface area contributed by atoms with Crippen LogP contribution in [0, 0.1) is 6.92 Å². The van der Waals surface area contributed by atoms with Crippen LogP contribution in [0.1, 0.15) is 30.9 Å². The third kappa shape index (κ3) is 5.81. The normalized spacial score (nSPS) is 10.9. The average molecular weight is 409 g/mol. The lowest BCUT2D eigenvalue weighted by Crippen LogP contribution is -2.21. The summed E-state index contributed by atoms with van der Waals surface area (Å²) in [5.41, 5.74) is 3.88. The topological polar surface area (TPSA) is 68.3 Å². The van der Waals surface area contributed by atoms with Crippen LogP contribution in [0.25, 0.3) is 10.9 Å². The second-order valence-electron chi connectivity index (χ2n) is 7.07. The van der Waals surface area contributed by atoms with E-state index in [2.05, 4.69) is 24.1 Å². The molecular weight excluding hydrogens is 384 g/mol. The van der Waals surface area contributed by atoms with Gasteiger partial charge in [0.05, 0.1) is 16.3 Å². The van der Waals surface area contributed by atoms with Crippen LogP contribution in [-0.4, -0.2) is 29.2 Å². The molecule has 2 aromatic carbocycles. The number of nitrogens with zero attached hydrogens (tertiary/aromatic N) is 1. The number of thioether (sulfide) groups is 1. The number of aryl methyl sites for hydroxylation is 1. The molecule has 0 aliphatic rings. The minimum absolute atomic E-state index is 0.0984. The maximum Gasteiger partial charge on any atom is 0.316 e. The Hall–Kier alpha value is -2.86. The highest BCUT2D eigenvalue weighted by molar-refractivity contribution is 7.99. The van der Waals surface area contributed by atoms with Crippen LogP contribution in [-0.2, 0) is 14.3 Å². The number of rotatable bonds is 7. The van der Waals surface area contributed by atoms with E-state index in [0.717, 1.165) is 21.5 Å². The van der Waals surface area contributed by atoms with Gasteiger partial charge in [-0.1, -0.05) is 55.9 Å².